The Hall–Kier alpha value is -2.39. The van der Waals surface area contributed by atoms with Crippen molar-refractivity contribution >= 4 is 22.1 Å². The van der Waals surface area contributed by atoms with Gasteiger partial charge in [0.25, 0.3) is 10.1 Å². The number of aliphatic hydroxyl groups is 3. The molecule has 58 heavy (non-hydrogen) atoms. The summed E-state index contributed by atoms with van der Waals surface area (Å²) in [6, 6.07) is 0. The molecule has 0 aromatic rings. The van der Waals surface area contributed by atoms with Crippen molar-refractivity contribution < 1.29 is 56.8 Å². The quantitative estimate of drug-likeness (QED) is 0.0204. The molecule has 1 rings (SSSR count). The molecule has 4 N–H and O–H groups in total. The van der Waals surface area contributed by atoms with Gasteiger partial charge in [0.2, 0.25) is 0 Å². The van der Waals surface area contributed by atoms with Gasteiger partial charge in [0.15, 0.2) is 12.4 Å². The molecule has 0 aliphatic carbocycles. The molecule has 0 aromatic heterocycles. The van der Waals surface area contributed by atoms with Gasteiger partial charge in [-0.15, -0.1) is 0 Å². The van der Waals surface area contributed by atoms with E-state index in [0.717, 1.165) is 51.4 Å². The van der Waals surface area contributed by atoms with Gasteiger partial charge in [-0.05, 0) is 77.0 Å². The van der Waals surface area contributed by atoms with Crippen LogP contribution in [0.2, 0.25) is 0 Å². The summed E-state index contributed by atoms with van der Waals surface area (Å²) in [6.45, 7) is 3.67. The number of hydrogen-bond acceptors (Lipinski definition) is 11. The van der Waals surface area contributed by atoms with Gasteiger partial charge in [-0.25, -0.2) is 0 Å². The normalized spacial score (nSPS) is 20.8. The first-order valence-corrected chi connectivity index (χ1v) is 23.8. The summed E-state index contributed by atoms with van der Waals surface area (Å²) in [5.74, 6) is -2.06. The standard InChI is InChI=1S/C45H78O12S/c1-3-5-7-9-11-13-15-17-19-21-23-25-27-29-31-33-40(46)54-35-38(36-55-45-44(50)43(49)42(48)39(57-45)37-58(51,52)53)56-41(47)34-32-30-28-26-24-22-20-18-16-14-12-10-8-6-4-2/h11,13,17,19,23-26,38-39,42-45,48-50H,3-10,12,14-16,18,20-22,27-37H2,1-2H3,(H,51,52,53)/b13-11+,19-17+,25-23+,26-24+/t38-,39-,42-,43?,44?,45+/m1/s1. The Bertz CT molecular complexity index is 1260. The van der Waals surface area contributed by atoms with Crippen molar-refractivity contribution in [2.45, 2.75) is 205 Å². The van der Waals surface area contributed by atoms with Crippen molar-refractivity contribution in [3.05, 3.63) is 48.6 Å². The SMILES string of the molecule is CCCCC/C=C/C/C=C/C/C=C/CCCCC(=O)OC[C@H](CO[C@H]1O[C@H](CS(=O)(=O)O)[C@@H](O)C(O)C1O)OC(=O)CCCC/C=C/CCCCCCCCCCC. The predicted octanol–water partition coefficient (Wildman–Crippen LogP) is 8.78. The van der Waals surface area contributed by atoms with Crippen LogP contribution in [0.1, 0.15) is 168 Å². The zero-order valence-corrected chi connectivity index (χ0v) is 36.5. The average Bonchev–Trinajstić information content (AvgIpc) is 3.18. The zero-order chi connectivity index (χ0) is 42.7. The average molecular weight is 843 g/mol. The number of carbonyl (C=O) groups excluding carboxylic acids is 2. The van der Waals surface area contributed by atoms with Crippen molar-refractivity contribution in [2.24, 2.45) is 0 Å². The highest BCUT2D eigenvalue weighted by molar-refractivity contribution is 7.85. The molecule has 1 fully saturated rings. The van der Waals surface area contributed by atoms with Crippen molar-refractivity contribution in [1.29, 1.82) is 0 Å². The summed E-state index contributed by atoms with van der Waals surface area (Å²) in [5.41, 5.74) is 0. The van der Waals surface area contributed by atoms with Gasteiger partial charge < -0.3 is 34.3 Å². The van der Waals surface area contributed by atoms with E-state index in [1.165, 1.54) is 77.0 Å². The van der Waals surface area contributed by atoms with Crippen LogP contribution in [0.25, 0.3) is 0 Å². The van der Waals surface area contributed by atoms with Gasteiger partial charge in [-0.2, -0.15) is 8.42 Å². The number of ether oxygens (including phenoxy) is 4. The maximum atomic E-state index is 12.8. The smallest absolute Gasteiger partial charge is 0.306 e. The second kappa shape index (κ2) is 35.4. The summed E-state index contributed by atoms with van der Waals surface area (Å²) in [7, 11) is -4.61. The van der Waals surface area contributed by atoms with E-state index in [4.69, 9.17) is 18.9 Å². The molecule has 0 bridgehead atoms. The van der Waals surface area contributed by atoms with Gasteiger partial charge in [0.1, 0.15) is 36.8 Å². The fourth-order valence-corrected chi connectivity index (χ4v) is 7.07. The molecule has 1 aliphatic heterocycles. The van der Waals surface area contributed by atoms with E-state index in [1.54, 1.807) is 0 Å². The molecule has 1 aliphatic rings. The summed E-state index contributed by atoms with van der Waals surface area (Å²) in [4.78, 5) is 25.3. The molecule has 0 radical (unpaired) electrons. The molecule has 0 saturated carbocycles. The van der Waals surface area contributed by atoms with Crippen LogP contribution in [0.4, 0.5) is 0 Å². The van der Waals surface area contributed by atoms with Gasteiger partial charge in [0.05, 0.1) is 6.61 Å². The van der Waals surface area contributed by atoms with Crippen LogP contribution in [0.5, 0.6) is 0 Å². The van der Waals surface area contributed by atoms with Crippen LogP contribution >= 0.6 is 0 Å². The summed E-state index contributed by atoms with van der Waals surface area (Å²) < 4.78 is 53.9. The molecule has 13 heteroatoms. The van der Waals surface area contributed by atoms with Crippen molar-refractivity contribution in [2.75, 3.05) is 19.0 Å². The fraction of sp³-hybridized carbons (Fsp3) is 0.778. The van der Waals surface area contributed by atoms with E-state index >= 15 is 0 Å². The topological polar surface area (TPSA) is 186 Å². The first kappa shape index (κ1) is 53.6. The number of rotatable bonds is 36. The summed E-state index contributed by atoms with van der Waals surface area (Å²) in [6.07, 6.45) is 31.6. The molecule has 6 atom stereocenters. The van der Waals surface area contributed by atoms with E-state index in [0.29, 0.717) is 12.8 Å². The number of unbranched alkanes of at least 4 members (excludes halogenated alkanes) is 16. The third-order valence-electron chi connectivity index (χ3n) is 9.88. The molecular weight excluding hydrogens is 765 g/mol. The minimum atomic E-state index is -4.61. The van der Waals surface area contributed by atoms with E-state index in [-0.39, 0.29) is 19.4 Å². The van der Waals surface area contributed by atoms with Crippen molar-refractivity contribution in [3.63, 3.8) is 0 Å². The van der Waals surface area contributed by atoms with E-state index in [2.05, 4.69) is 62.5 Å². The van der Waals surface area contributed by atoms with Crippen LogP contribution in [0.3, 0.4) is 0 Å². The van der Waals surface area contributed by atoms with Crippen molar-refractivity contribution in [1.82, 2.24) is 0 Å². The molecule has 12 nitrogen and oxygen atoms in total. The van der Waals surface area contributed by atoms with Crippen LogP contribution in [0.15, 0.2) is 48.6 Å². The molecule has 0 amide bonds. The van der Waals surface area contributed by atoms with Crippen LogP contribution in [-0.4, -0.2) is 96.0 Å². The number of carbonyl (C=O) groups is 2. The molecule has 336 valence electrons. The fourth-order valence-electron chi connectivity index (χ4n) is 6.38. The van der Waals surface area contributed by atoms with Gasteiger partial charge in [-0.3, -0.25) is 14.1 Å². The number of aliphatic hydroxyl groups excluding tert-OH is 3. The summed E-state index contributed by atoms with van der Waals surface area (Å²) >= 11 is 0. The number of esters is 2. The van der Waals surface area contributed by atoms with Crippen molar-refractivity contribution in [3.8, 4) is 0 Å². The Labute approximate surface area is 350 Å². The second-order valence-electron chi connectivity index (χ2n) is 15.4. The lowest BCUT2D eigenvalue weighted by atomic mass is 10.00. The maximum Gasteiger partial charge on any atom is 0.306 e. The third kappa shape index (κ3) is 29.8. The third-order valence-corrected chi connectivity index (χ3v) is 10.6. The lowest BCUT2D eigenvalue weighted by molar-refractivity contribution is -0.297. The van der Waals surface area contributed by atoms with Gasteiger partial charge in [-0.1, -0.05) is 127 Å². The van der Waals surface area contributed by atoms with Gasteiger partial charge in [0, 0.05) is 12.8 Å². The Kier molecular flexibility index (Phi) is 32.7. The monoisotopic (exact) mass is 843 g/mol. The Balaban J connectivity index is 2.51. The Morgan fingerprint density at radius 1 is 0.586 bits per heavy atom. The Morgan fingerprint density at radius 3 is 1.59 bits per heavy atom. The second-order valence-corrected chi connectivity index (χ2v) is 16.9. The first-order valence-electron chi connectivity index (χ1n) is 22.2. The summed E-state index contributed by atoms with van der Waals surface area (Å²) in [5, 5.41) is 30.8. The van der Waals surface area contributed by atoms with E-state index in [9.17, 15) is 37.9 Å². The van der Waals surface area contributed by atoms with Crippen LogP contribution in [0, 0.1) is 0 Å². The minimum Gasteiger partial charge on any atom is -0.462 e. The minimum absolute atomic E-state index is 0.125. The largest absolute Gasteiger partial charge is 0.462 e. The number of hydrogen-bond donors (Lipinski definition) is 4. The molecule has 1 saturated heterocycles. The molecule has 0 aromatic carbocycles. The van der Waals surface area contributed by atoms with Crippen LogP contribution < -0.4 is 0 Å². The van der Waals surface area contributed by atoms with Gasteiger partial charge >= 0.3 is 11.9 Å². The zero-order valence-electron chi connectivity index (χ0n) is 35.6. The Morgan fingerprint density at radius 2 is 1.03 bits per heavy atom. The highest BCUT2D eigenvalue weighted by Gasteiger charge is 2.46. The highest BCUT2D eigenvalue weighted by atomic mass is 32.2. The molecular formula is C45H78O12S. The maximum absolute atomic E-state index is 12.8. The van der Waals surface area contributed by atoms with Crippen LogP contribution in [-0.2, 0) is 38.7 Å². The molecule has 1 heterocycles. The van der Waals surface area contributed by atoms with E-state index in [1.807, 2.05) is 0 Å². The lowest BCUT2D eigenvalue weighted by Gasteiger charge is -2.40. The molecule has 0 spiro atoms. The molecule has 2 unspecified atom stereocenters. The van der Waals surface area contributed by atoms with E-state index < -0.39 is 71.2 Å². The predicted molar refractivity (Wildman–Crippen MR) is 229 cm³/mol. The lowest BCUT2D eigenvalue weighted by Crippen LogP contribution is -2.60. The first-order chi connectivity index (χ1) is 28.0. The number of allylic oxidation sites excluding steroid dienone is 8. The highest BCUT2D eigenvalue weighted by Crippen LogP contribution is 2.24.